The summed E-state index contributed by atoms with van der Waals surface area (Å²) in [5.41, 5.74) is 0. The lowest BCUT2D eigenvalue weighted by atomic mass is 10.1. The fourth-order valence-corrected chi connectivity index (χ4v) is 2.38. The van der Waals surface area contributed by atoms with E-state index in [9.17, 15) is 0 Å². The zero-order valence-corrected chi connectivity index (χ0v) is 15.9. The van der Waals surface area contributed by atoms with Crippen LogP contribution in [0.15, 0.2) is 24.3 Å². The van der Waals surface area contributed by atoms with Crippen LogP contribution in [0.1, 0.15) is 91.4 Å². The monoisotopic (exact) mass is 324 g/mol. The van der Waals surface area contributed by atoms with Crippen molar-refractivity contribution in [3.63, 3.8) is 0 Å². The molecule has 136 valence electrons. The van der Waals surface area contributed by atoms with Gasteiger partial charge in [-0.2, -0.15) is 0 Å². The number of ether oxygens (including phenoxy) is 2. The van der Waals surface area contributed by atoms with Gasteiger partial charge in [-0.05, 0) is 44.9 Å². The van der Waals surface area contributed by atoms with Crippen molar-refractivity contribution in [2.75, 3.05) is 13.2 Å². The Bertz CT molecular complexity index is 263. The van der Waals surface area contributed by atoms with Crippen LogP contribution in [0.5, 0.6) is 0 Å². The molecule has 23 heavy (non-hydrogen) atoms. The van der Waals surface area contributed by atoms with Crippen LogP contribution in [0, 0.1) is 0 Å². The van der Waals surface area contributed by atoms with Crippen LogP contribution >= 0.6 is 0 Å². The minimum absolute atomic E-state index is 0.0243. The summed E-state index contributed by atoms with van der Waals surface area (Å²) in [6, 6.07) is 0. The van der Waals surface area contributed by atoms with E-state index in [1.54, 1.807) is 0 Å². The average molecular weight is 325 g/mol. The van der Waals surface area contributed by atoms with Crippen LogP contribution in [0.2, 0.25) is 0 Å². The van der Waals surface area contributed by atoms with Crippen molar-refractivity contribution in [2.24, 2.45) is 0 Å². The van der Waals surface area contributed by atoms with E-state index >= 15 is 0 Å². The first kappa shape index (κ1) is 22.4. The summed E-state index contributed by atoms with van der Waals surface area (Å²) in [4.78, 5) is 0. The molecule has 2 nitrogen and oxygen atoms in total. The third-order valence-corrected chi connectivity index (χ3v) is 3.70. The van der Waals surface area contributed by atoms with Crippen molar-refractivity contribution in [3.8, 4) is 0 Å². The molecule has 0 aliphatic rings. The summed E-state index contributed by atoms with van der Waals surface area (Å²) in [5.74, 6) is 0. The summed E-state index contributed by atoms with van der Waals surface area (Å²) in [6.45, 7) is 8.08. The van der Waals surface area contributed by atoms with Gasteiger partial charge in [-0.15, -0.1) is 0 Å². The second-order valence-electron chi connectivity index (χ2n) is 6.13. The van der Waals surface area contributed by atoms with Crippen molar-refractivity contribution in [1.82, 2.24) is 0 Å². The van der Waals surface area contributed by atoms with E-state index < -0.39 is 0 Å². The van der Waals surface area contributed by atoms with Gasteiger partial charge in [0.05, 0.1) is 0 Å². The van der Waals surface area contributed by atoms with Gasteiger partial charge < -0.3 is 9.47 Å². The standard InChI is InChI=1S/C21H40O2/c1-4-7-8-9-10-11-12-13-14-15-16-17-18-21(22-19-5-2)23-20-6-3/h7-10,21H,4-6,11-20H2,1-3H3. The zero-order valence-electron chi connectivity index (χ0n) is 15.9. The lowest BCUT2D eigenvalue weighted by Crippen LogP contribution is -2.18. The number of rotatable bonds is 17. The Morgan fingerprint density at radius 3 is 1.87 bits per heavy atom. The fraction of sp³-hybridized carbons (Fsp3) is 0.810. The van der Waals surface area contributed by atoms with Crippen LogP contribution in [0.25, 0.3) is 0 Å². The predicted octanol–water partition coefficient (Wildman–Crippen LogP) is 6.81. The van der Waals surface area contributed by atoms with Crippen molar-refractivity contribution >= 4 is 0 Å². The number of hydrogen-bond donors (Lipinski definition) is 0. The Hall–Kier alpha value is -0.600. The van der Waals surface area contributed by atoms with Crippen LogP contribution < -0.4 is 0 Å². The maximum Gasteiger partial charge on any atom is 0.157 e. The van der Waals surface area contributed by atoms with Gasteiger partial charge in [-0.25, -0.2) is 0 Å². The third-order valence-electron chi connectivity index (χ3n) is 3.70. The fourth-order valence-electron chi connectivity index (χ4n) is 2.38. The molecule has 0 radical (unpaired) electrons. The third kappa shape index (κ3) is 17.6. The molecule has 0 saturated carbocycles. The molecular formula is C21H40O2. The molecule has 0 aromatic carbocycles. The van der Waals surface area contributed by atoms with E-state index in [1.807, 2.05) is 0 Å². The van der Waals surface area contributed by atoms with E-state index in [1.165, 1.54) is 44.9 Å². The largest absolute Gasteiger partial charge is 0.353 e. The van der Waals surface area contributed by atoms with Crippen LogP contribution in [0.4, 0.5) is 0 Å². The van der Waals surface area contributed by atoms with Crippen molar-refractivity contribution in [2.45, 2.75) is 97.7 Å². The van der Waals surface area contributed by atoms with E-state index in [2.05, 4.69) is 45.1 Å². The molecule has 0 amide bonds. The molecule has 0 rings (SSSR count). The highest BCUT2D eigenvalue weighted by Crippen LogP contribution is 2.12. The van der Waals surface area contributed by atoms with E-state index in [-0.39, 0.29) is 6.29 Å². The second-order valence-corrected chi connectivity index (χ2v) is 6.13. The quantitative estimate of drug-likeness (QED) is 0.166. The summed E-state index contributed by atoms with van der Waals surface area (Å²) in [7, 11) is 0. The Balaban J connectivity index is 3.44. The van der Waals surface area contributed by atoms with Gasteiger partial charge in [-0.1, -0.05) is 70.8 Å². The number of hydrogen-bond acceptors (Lipinski definition) is 2. The summed E-state index contributed by atoms with van der Waals surface area (Å²) < 4.78 is 11.5. The predicted molar refractivity (Wildman–Crippen MR) is 102 cm³/mol. The highest BCUT2D eigenvalue weighted by Gasteiger charge is 2.08. The molecule has 0 saturated heterocycles. The second kappa shape index (κ2) is 19.4. The van der Waals surface area contributed by atoms with Gasteiger partial charge in [-0.3, -0.25) is 0 Å². The smallest absolute Gasteiger partial charge is 0.157 e. The molecule has 0 bridgehead atoms. The van der Waals surface area contributed by atoms with Crippen LogP contribution in [-0.4, -0.2) is 19.5 Å². The first-order chi connectivity index (χ1) is 11.3. The first-order valence-electron chi connectivity index (χ1n) is 9.89. The Labute approximate surface area is 145 Å². The maximum absolute atomic E-state index is 5.76. The summed E-state index contributed by atoms with van der Waals surface area (Å²) in [5, 5.41) is 0. The number of allylic oxidation sites excluding steroid dienone is 4. The van der Waals surface area contributed by atoms with Gasteiger partial charge in [0.25, 0.3) is 0 Å². The molecule has 0 unspecified atom stereocenters. The highest BCUT2D eigenvalue weighted by molar-refractivity contribution is 5.01. The first-order valence-corrected chi connectivity index (χ1v) is 9.89. The van der Waals surface area contributed by atoms with Crippen molar-refractivity contribution < 1.29 is 9.47 Å². The van der Waals surface area contributed by atoms with E-state index in [0.717, 1.165) is 38.9 Å². The Morgan fingerprint density at radius 1 is 0.696 bits per heavy atom. The SMILES string of the molecule is CCC=CC=CCCCCCCCCC(OCCC)OCCC. The lowest BCUT2D eigenvalue weighted by molar-refractivity contribution is -0.146. The lowest BCUT2D eigenvalue weighted by Gasteiger charge is -2.18. The Kier molecular flexibility index (Phi) is 18.9. The van der Waals surface area contributed by atoms with Gasteiger partial charge >= 0.3 is 0 Å². The number of unbranched alkanes of at least 4 members (excludes halogenated alkanes) is 6. The van der Waals surface area contributed by atoms with Gasteiger partial charge in [0, 0.05) is 13.2 Å². The molecular weight excluding hydrogens is 284 g/mol. The van der Waals surface area contributed by atoms with E-state index in [4.69, 9.17) is 9.47 Å². The minimum atomic E-state index is 0.0243. The maximum atomic E-state index is 5.76. The molecule has 0 aromatic rings. The molecule has 0 N–H and O–H groups in total. The normalized spacial score (nSPS) is 12.2. The van der Waals surface area contributed by atoms with Gasteiger partial charge in [0.2, 0.25) is 0 Å². The molecule has 0 fully saturated rings. The van der Waals surface area contributed by atoms with Crippen LogP contribution in [0.3, 0.4) is 0 Å². The highest BCUT2D eigenvalue weighted by atomic mass is 16.7. The zero-order chi connectivity index (χ0) is 17.0. The molecule has 0 aliphatic heterocycles. The van der Waals surface area contributed by atoms with Crippen molar-refractivity contribution in [3.05, 3.63) is 24.3 Å². The van der Waals surface area contributed by atoms with E-state index in [0.29, 0.717) is 0 Å². The molecule has 0 atom stereocenters. The summed E-state index contributed by atoms with van der Waals surface area (Å²) >= 11 is 0. The molecule has 0 heterocycles. The molecule has 0 spiro atoms. The van der Waals surface area contributed by atoms with Crippen LogP contribution in [-0.2, 0) is 9.47 Å². The van der Waals surface area contributed by atoms with Gasteiger partial charge in [0.1, 0.15) is 0 Å². The van der Waals surface area contributed by atoms with Gasteiger partial charge in [0.15, 0.2) is 6.29 Å². The molecule has 2 heteroatoms. The molecule has 0 aromatic heterocycles. The summed E-state index contributed by atoms with van der Waals surface area (Å²) in [6.07, 6.45) is 22.2. The van der Waals surface area contributed by atoms with Crippen molar-refractivity contribution in [1.29, 1.82) is 0 Å². The Morgan fingerprint density at radius 2 is 1.26 bits per heavy atom. The average Bonchev–Trinajstić information content (AvgIpc) is 2.57. The minimum Gasteiger partial charge on any atom is -0.353 e. The topological polar surface area (TPSA) is 18.5 Å². The molecule has 0 aliphatic carbocycles.